The standard InChI is InChI=1S/C16H19ClN2OS/c1-11(2)8-9-20-15-10-14(17)18-16(19-15)21-13-6-4-12(3)5-7-13/h4-7,10-11H,8-9H2,1-3H3. The molecule has 0 fully saturated rings. The van der Waals surface area contributed by atoms with Crippen molar-refractivity contribution < 1.29 is 4.74 Å². The van der Waals surface area contributed by atoms with E-state index in [2.05, 4.69) is 42.9 Å². The lowest BCUT2D eigenvalue weighted by Crippen LogP contribution is -2.03. The Bertz CT molecular complexity index is 587. The summed E-state index contributed by atoms with van der Waals surface area (Å²) >= 11 is 7.52. The molecule has 0 N–H and O–H groups in total. The first kappa shape index (κ1) is 16.1. The Kier molecular flexibility index (Phi) is 5.88. The topological polar surface area (TPSA) is 35.0 Å². The Labute approximate surface area is 135 Å². The van der Waals surface area contributed by atoms with E-state index in [0.29, 0.717) is 28.7 Å². The predicted molar refractivity (Wildman–Crippen MR) is 87.3 cm³/mol. The lowest BCUT2D eigenvalue weighted by atomic mass is 10.1. The van der Waals surface area contributed by atoms with Gasteiger partial charge in [0.05, 0.1) is 6.61 Å². The SMILES string of the molecule is Cc1ccc(Sc2nc(Cl)cc(OCCC(C)C)n2)cc1. The van der Waals surface area contributed by atoms with Crippen LogP contribution in [0.4, 0.5) is 0 Å². The van der Waals surface area contributed by atoms with Gasteiger partial charge in [-0.2, -0.15) is 4.98 Å². The highest BCUT2D eigenvalue weighted by Gasteiger charge is 2.07. The number of ether oxygens (including phenoxy) is 1. The first-order chi connectivity index (χ1) is 10.0. The molecule has 0 amide bonds. The molecule has 21 heavy (non-hydrogen) atoms. The van der Waals surface area contributed by atoms with Crippen molar-refractivity contribution in [3.63, 3.8) is 0 Å². The molecule has 0 atom stereocenters. The van der Waals surface area contributed by atoms with Crippen molar-refractivity contribution in [2.75, 3.05) is 6.61 Å². The first-order valence-electron chi connectivity index (χ1n) is 6.95. The molecular weight excluding hydrogens is 304 g/mol. The lowest BCUT2D eigenvalue weighted by molar-refractivity contribution is 0.277. The normalized spacial score (nSPS) is 10.9. The van der Waals surface area contributed by atoms with Crippen molar-refractivity contribution >= 4 is 23.4 Å². The summed E-state index contributed by atoms with van der Waals surface area (Å²) in [6, 6.07) is 9.87. The quantitative estimate of drug-likeness (QED) is 0.553. The van der Waals surface area contributed by atoms with Crippen molar-refractivity contribution in [3.8, 4) is 5.88 Å². The summed E-state index contributed by atoms with van der Waals surface area (Å²) in [5.41, 5.74) is 1.23. The zero-order valence-electron chi connectivity index (χ0n) is 12.5. The minimum Gasteiger partial charge on any atom is -0.478 e. The predicted octanol–water partition coefficient (Wildman–Crippen LogP) is 5.01. The molecule has 1 aromatic carbocycles. The Morgan fingerprint density at radius 1 is 1.19 bits per heavy atom. The fourth-order valence-electron chi connectivity index (χ4n) is 1.61. The average molecular weight is 323 g/mol. The summed E-state index contributed by atoms with van der Waals surface area (Å²) in [4.78, 5) is 9.70. The summed E-state index contributed by atoms with van der Waals surface area (Å²) in [6.45, 7) is 7.02. The van der Waals surface area contributed by atoms with Crippen LogP contribution in [-0.2, 0) is 0 Å². The van der Waals surface area contributed by atoms with Gasteiger partial charge in [-0.1, -0.05) is 43.1 Å². The largest absolute Gasteiger partial charge is 0.478 e. The molecule has 1 aromatic heterocycles. The highest BCUT2D eigenvalue weighted by molar-refractivity contribution is 7.99. The van der Waals surface area contributed by atoms with Gasteiger partial charge in [0.2, 0.25) is 5.88 Å². The Morgan fingerprint density at radius 3 is 2.57 bits per heavy atom. The number of halogens is 1. The fourth-order valence-corrected chi connectivity index (χ4v) is 2.59. The number of hydrogen-bond donors (Lipinski definition) is 0. The molecule has 0 radical (unpaired) electrons. The third-order valence-corrected chi connectivity index (χ3v) is 3.89. The van der Waals surface area contributed by atoms with E-state index in [1.807, 2.05) is 12.1 Å². The van der Waals surface area contributed by atoms with E-state index in [1.54, 1.807) is 6.07 Å². The molecule has 0 saturated carbocycles. The summed E-state index contributed by atoms with van der Waals surface area (Å²) in [7, 11) is 0. The van der Waals surface area contributed by atoms with Crippen LogP contribution in [0.2, 0.25) is 5.15 Å². The molecule has 112 valence electrons. The van der Waals surface area contributed by atoms with Crippen LogP contribution in [0, 0.1) is 12.8 Å². The summed E-state index contributed by atoms with van der Waals surface area (Å²) < 4.78 is 5.65. The van der Waals surface area contributed by atoms with E-state index in [1.165, 1.54) is 17.3 Å². The smallest absolute Gasteiger partial charge is 0.218 e. The van der Waals surface area contributed by atoms with E-state index in [4.69, 9.17) is 16.3 Å². The van der Waals surface area contributed by atoms with Gasteiger partial charge in [0, 0.05) is 11.0 Å². The second-order valence-electron chi connectivity index (χ2n) is 5.26. The molecule has 2 aromatic rings. The molecule has 0 aliphatic carbocycles. The van der Waals surface area contributed by atoms with Crippen LogP contribution >= 0.6 is 23.4 Å². The average Bonchev–Trinajstić information content (AvgIpc) is 2.40. The van der Waals surface area contributed by atoms with Gasteiger partial charge in [0.15, 0.2) is 5.16 Å². The highest BCUT2D eigenvalue weighted by Crippen LogP contribution is 2.27. The third-order valence-electron chi connectivity index (χ3n) is 2.83. The second-order valence-corrected chi connectivity index (χ2v) is 6.69. The summed E-state index contributed by atoms with van der Waals surface area (Å²) in [5, 5.41) is 1.00. The maximum Gasteiger partial charge on any atom is 0.218 e. The minimum absolute atomic E-state index is 0.402. The van der Waals surface area contributed by atoms with Gasteiger partial charge in [-0.15, -0.1) is 0 Å². The van der Waals surface area contributed by atoms with Crippen molar-refractivity contribution in [3.05, 3.63) is 41.0 Å². The summed E-state index contributed by atoms with van der Waals surface area (Å²) in [5.74, 6) is 1.13. The molecule has 1 heterocycles. The first-order valence-corrected chi connectivity index (χ1v) is 8.14. The molecular formula is C16H19ClN2OS. The van der Waals surface area contributed by atoms with Crippen LogP contribution in [0.15, 0.2) is 40.4 Å². The van der Waals surface area contributed by atoms with Crippen molar-refractivity contribution in [2.24, 2.45) is 5.92 Å². The molecule has 2 rings (SSSR count). The van der Waals surface area contributed by atoms with Gasteiger partial charge in [-0.3, -0.25) is 0 Å². The number of aromatic nitrogens is 2. The third kappa shape index (κ3) is 5.56. The van der Waals surface area contributed by atoms with Crippen LogP contribution in [-0.4, -0.2) is 16.6 Å². The maximum atomic E-state index is 6.04. The molecule has 0 unspecified atom stereocenters. The van der Waals surface area contributed by atoms with E-state index in [-0.39, 0.29) is 0 Å². The van der Waals surface area contributed by atoms with Gasteiger partial charge in [-0.25, -0.2) is 4.98 Å². The highest BCUT2D eigenvalue weighted by atomic mass is 35.5. The Morgan fingerprint density at radius 2 is 1.90 bits per heavy atom. The van der Waals surface area contributed by atoms with Crippen molar-refractivity contribution in [1.82, 2.24) is 9.97 Å². The van der Waals surface area contributed by atoms with Gasteiger partial charge in [0.25, 0.3) is 0 Å². The number of aryl methyl sites for hydroxylation is 1. The lowest BCUT2D eigenvalue weighted by Gasteiger charge is -2.08. The maximum absolute atomic E-state index is 6.04. The van der Waals surface area contributed by atoms with E-state index in [0.717, 1.165) is 11.3 Å². The number of rotatable bonds is 6. The van der Waals surface area contributed by atoms with E-state index >= 15 is 0 Å². The zero-order valence-corrected chi connectivity index (χ0v) is 14.0. The zero-order chi connectivity index (χ0) is 15.2. The monoisotopic (exact) mass is 322 g/mol. The van der Waals surface area contributed by atoms with Gasteiger partial charge in [0.1, 0.15) is 5.15 Å². The van der Waals surface area contributed by atoms with Crippen LogP contribution in [0.1, 0.15) is 25.8 Å². The van der Waals surface area contributed by atoms with Crippen molar-refractivity contribution in [1.29, 1.82) is 0 Å². The summed E-state index contributed by atoms with van der Waals surface area (Å²) in [6.07, 6.45) is 0.988. The number of nitrogens with zero attached hydrogens (tertiary/aromatic N) is 2. The van der Waals surface area contributed by atoms with Gasteiger partial charge < -0.3 is 4.74 Å². The van der Waals surface area contributed by atoms with Crippen LogP contribution in [0.25, 0.3) is 0 Å². The van der Waals surface area contributed by atoms with Gasteiger partial charge >= 0.3 is 0 Å². The van der Waals surface area contributed by atoms with Crippen molar-refractivity contribution in [2.45, 2.75) is 37.2 Å². The minimum atomic E-state index is 0.402. The Balaban J connectivity index is 2.05. The second kappa shape index (κ2) is 7.66. The Hall–Kier alpha value is -1.26. The molecule has 0 spiro atoms. The van der Waals surface area contributed by atoms with Crippen LogP contribution < -0.4 is 4.74 Å². The van der Waals surface area contributed by atoms with E-state index < -0.39 is 0 Å². The molecule has 0 saturated heterocycles. The van der Waals surface area contributed by atoms with Gasteiger partial charge in [-0.05, 0) is 43.2 Å². The molecule has 0 aliphatic rings. The van der Waals surface area contributed by atoms with Crippen LogP contribution in [0.5, 0.6) is 5.88 Å². The number of hydrogen-bond acceptors (Lipinski definition) is 4. The fraction of sp³-hybridized carbons (Fsp3) is 0.375. The molecule has 0 aliphatic heterocycles. The number of benzene rings is 1. The molecule has 3 nitrogen and oxygen atoms in total. The molecule has 0 bridgehead atoms. The molecule has 5 heteroatoms. The van der Waals surface area contributed by atoms with Crippen LogP contribution in [0.3, 0.4) is 0 Å². The van der Waals surface area contributed by atoms with E-state index in [9.17, 15) is 0 Å².